The molecule has 0 spiro atoms. The summed E-state index contributed by atoms with van der Waals surface area (Å²) in [6.07, 6.45) is -0.136. The molecule has 1 aromatic rings. The van der Waals surface area contributed by atoms with Crippen LogP contribution < -0.4 is 4.72 Å². The molecule has 1 unspecified atom stereocenters. The average Bonchev–Trinajstić information content (AvgIpc) is 2.72. The highest BCUT2D eigenvalue weighted by atomic mass is 32.2. The molecule has 9 heteroatoms. The van der Waals surface area contributed by atoms with Gasteiger partial charge in [0.1, 0.15) is 11.6 Å². The Morgan fingerprint density at radius 3 is 2.82 bits per heavy atom. The van der Waals surface area contributed by atoms with Crippen LogP contribution in [-0.4, -0.2) is 69.6 Å². The Balaban J connectivity index is 2.10. The van der Waals surface area contributed by atoms with Crippen molar-refractivity contribution in [2.75, 3.05) is 40.4 Å². The zero-order valence-electron chi connectivity index (χ0n) is 13.5. The van der Waals surface area contributed by atoms with Gasteiger partial charge in [-0.25, -0.2) is 17.8 Å². The second-order valence-electron chi connectivity index (χ2n) is 5.52. The first-order valence-corrected chi connectivity index (χ1v) is 8.66. The number of aryl methyl sites for hydroxylation is 1. The van der Waals surface area contributed by atoms with Crippen molar-refractivity contribution < 1.29 is 17.9 Å². The molecule has 0 radical (unpaired) electrons. The number of nitrogens with one attached hydrogen (secondary N) is 1. The van der Waals surface area contributed by atoms with Crippen LogP contribution in [0.15, 0.2) is 4.90 Å². The SMILES string of the molecule is COCn1nc(C)c(S(=O)(=O)NCC2CN(C)CCO2)c1C. The molecule has 2 rings (SSSR count). The summed E-state index contributed by atoms with van der Waals surface area (Å²) in [6, 6.07) is 0. The Bertz CT molecular complexity index is 614. The molecule has 126 valence electrons. The van der Waals surface area contributed by atoms with Gasteiger partial charge in [-0.1, -0.05) is 0 Å². The van der Waals surface area contributed by atoms with Crippen molar-refractivity contribution in [2.45, 2.75) is 31.6 Å². The van der Waals surface area contributed by atoms with E-state index in [0.29, 0.717) is 24.5 Å². The number of aromatic nitrogens is 2. The van der Waals surface area contributed by atoms with E-state index in [2.05, 4.69) is 14.7 Å². The summed E-state index contributed by atoms with van der Waals surface area (Å²) in [5, 5.41) is 4.21. The van der Waals surface area contributed by atoms with E-state index in [1.807, 2.05) is 7.05 Å². The fourth-order valence-electron chi connectivity index (χ4n) is 2.58. The molecule has 1 saturated heterocycles. The quantitative estimate of drug-likeness (QED) is 0.771. The van der Waals surface area contributed by atoms with Gasteiger partial charge in [0.05, 0.1) is 24.1 Å². The van der Waals surface area contributed by atoms with Crippen LogP contribution in [0.1, 0.15) is 11.4 Å². The van der Waals surface area contributed by atoms with Crippen molar-refractivity contribution in [3.05, 3.63) is 11.4 Å². The van der Waals surface area contributed by atoms with E-state index in [1.54, 1.807) is 21.0 Å². The minimum atomic E-state index is -3.62. The standard InChI is InChI=1S/C13H24N4O4S/c1-10-13(11(2)17(15-10)9-20-4)22(18,19)14-7-12-8-16(3)5-6-21-12/h12,14H,5-9H2,1-4H3. The highest BCUT2D eigenvalue weighted by Gasteiger charge is 2.26. The van der Waals surface area contributed by atoms with E-state index in [-0.39, 0.29) is 24.3 Å². The molecule has 1 N–H and O–H groups in total. The lowest BCUT2D eigenvalue weighted by molar-refractivity contribution is -0.0156. The summed E-state index contributed by atoms with van der Waals surface area (Å²) >= 11 is 0. The monoisotopic (exact) mass is 332 g/mol. The van der Waals surface area contributed by atoms with Crippen molar-refractivity contribution in [3.8, 4) is 0 Å². The number of methoxy groups -OCH3 is 1. The molecule has 2 heterocycles. The molecule has 1 fully saturated rings. The first kappa shape index (κ1) is 17.4. The number of hydrogen-bond acceptors (Lipinski definition) is 6. The summed E-state index contributed by atoms with van der Waals surface area (Å²) in [7, 11) is -0.0888. The maximum Gasteiger partial charge on any atom is 0.244 e. The number of ether oxygens (including phenoxy) is 2. The van der Waals surface area contributed by atoms with Crippen molar-refractivity contribution in [3.63, 3.8) is 0 Å². The van der Waals surface area contributed by atoms with Crippen LogP contribution >= 0.6 is 0 Å². The predicted octanol–water partition coefficient (Wildman–Crippen LogP) is -0.287. The maximum absolute atomic E-state index is 12.5. The summed E-state index contributed by atoms with van der Waals surface area (Å²) in [5.74, 6) is 0. The number of hydrogen-bond donors (Lipinski definition) is 1. The van der Waals surface area contributed by atoms with Crippen molar-refractivity contribution in [2.24, 2.45) is 0 Å². The average molecular weight is 332 g/mol. The van der Waals surface area contributed by atoms with Gasteiger partial charge in [-0.2, -0.15) is 5.10 Å². The molecule has 1 aliphatic heterocycles. The Labute approximate surface area is 131 Å². The van der Waals surface area contributed by atoms with Crippen LogP contribution in [0.4, 0.5) is 0 Å². The third-order valence-electron chi connectivity index (χ3n) is 3.68. The predicted molar refractivity (Wildman–Crippen MR) is 81.1 cm³/mol. The number of nitrogens with zero attached hydrogens (tertiary/aromatic N) is 3. The fourth-order valence-corrected chi connectivity index (χ4v) is 4.06. The van der Waals surface area contributed by atoms with Gasteiger partial charge in [0.15, 0.2) is 0 Å². The van der Waals surface area contributed by atoms with Crippen molar-refractivity contribution in [1.82, 2.24) is 19.4 Å². The molecule has 1 atom stereocenters. The van der Waals surface area contributed by atoms with Crippen molar-refractivity contribution in [1.29, 1.82) is 0 Å². The largest absolute Gasteiger partial charge is 0.374 e. The third-order valence-corrected chi connectivity index (χ3v) is 5.35. The van der Waals surface area contributed by atoms with Gasteiger partial charge in [-0.15, -0.1) is 0 Å². The molecule has 0 amide bonds. The molecule has 1 aromatic heterocycles. The van der Waals surface area contributed by atoms with E-state index in [0.717, 1.165) is 6.54 Å². The second-order valence-corrected chi connectivity index (χ2v) is 7.23. The molecular weight excluding hydrogens is 308 g/mol. The molecule has 8 nitrogen and oxygen atoms in total. The van der Waals surface area contributed by atoms with E-state index in [4.69, 9.17) is 9.47 Å². The molecule has 0 aromatic carbocycles. The number of sulfonamides is 1. The lowest BCUT2D eigenvalue weighted by atomic mass is 10.3. The molecule has 0 bridgehead atoms. The Hall–Kier alpha value is -1.00. The van der Waals surface area contributed by atoms with Gasteiger partial charge in [0, 0.05) is 26.7 Å². The van der Waals surface area contributed by atoms with E-state index >= 15 is 0 Å². The van der Waals surface area contributed by atoms with Crippen LogP contribution in [0.5, 0.6) is 0 Å². The summed E-state index contributed by atoms with van der Waals surface area (Å²) < 4.78 is 39.8. The van der Waals surface area contributed by atoms with E-state index < -0.39 is 10.0 Å². The summed E-state index contributed by atoms with van der Waals surface area (Å²) in [4.78, 5) is 2.34. The second kappa shape index (κ2) is 7.05. The lowest BCUT2D eigenvalue weighted by Gasteiger charge is -2.30. The van der Waals surface area contributed by atoms with Crippen LogP contribution in [0, 0.1) is 13.8 Å². The van der Waals surface area contributed by atoms with E-state index in [9.17, 15) is 8.42 Å². The fraction of sp³-hybridized carbons (Fsp3) is 0.769. The lowest BCUT2D eigenvalue weighted by Crippen LogP contribution is -2.46. The zero-order chi connectivity index (χ0) is 16.3. The number of morpholine rings is 1. The highest BCUT2D eigenvalue weighted by Crippen LogP contribution is 2.19. The minimum Gasteiger partial charge on any atom is -0.374 e. The molecule has 0 aliphatic carbocycles. The summed E-state index contributed by atoms with van der Waals surface area (Å²) in [5.41, 5.74) is 1.03. The minimum absolute atomic E-state index is 0.136. The number of rotatable bonds is 6. The van der Waals surface area contributed by atoms with Gasteiger partial charge in [-0.3, -0.25) is 0 Å². The number of likely N-dealkylation sites (N-methyl/N-ethyl adjacent to an activating group) is 1. The molecule has 1 aliphatic rings. The molecule has 0 saturated carbocycles. The van der Waals surface area contributed by atoms with Crippen LogP contribution in [0.3, 0.4) is 0 Å². The molecular formula is C13H24N4O4S. The Morgan fingerprint density at radius 2 is 2.18 bits per heavy atom. The van der Waals surface area contributed by atoms with Gasteiger partial charge >= 0.3 is 0 Å². The first-order valence-electron chi connectivity index (χ1n) is 7.18. The normalized spacial score (nSPS) is 20.5. The smallest absolute Gasteiger partial charge is 0.244 e. The zero-order valence-corrected chi connectivity index (χ0v) is 14.3. The van der Waals surface area contributed by atoms with E-state index in [1.165, 1.54) is 4.68 Å². The van der Waals surface area contributed by atoms with Crippen LogP contribution in [-0.2, 0) is 26.2 Å². The summed E-state index contributed by atoms with van der Waals surface area (Å²) in [6.45, 7) is 6.07. The highest BCUT2D eigenvalue weighted by molar-refractivity contribution is 7.89. The topological polar surface area (TPSA) is 85.7 Å². The first-order chi connectivity index (χ1) is 10.3. The van der Waals surface area contributed by atoms with Gasteiger partial charge in [0.2, 0.25) is 10.0 Å². The molecule has 22 heavy (non-hydrogen) atoms. The Kier molecular flexibility index (Phi) is 5.56. The van der Waals surface area contributed by atoms with Crippen LogP contribution in [0.25, 0.3) is 0 Å². The maximum atomic E-state index is 12.5. The Morgan fingerprint density at radius 1 is 1.45 bits per heavy atom. The van der Waals surface area contributed by atoms with Crippen LogP contribution in [0.2, 0.25) is 0 Å². The third kappa shape index (κ3) is 3.85. The van der Waals surface area contributed by atoms with Gasteiger partial charge in [-0.05, 0) is 20.9 Å². The van der Waals surface area contributed by atoms with Gasteiger partial charge in [0.25, 0.3) is 0 Å². The van der Waals surface area contributed by atoms with Crippen molar-refractivity contribution >= 4 is 10.0 Å². The van der Waals surface area contributed by atoms with Gasteiger partial charge < -0.3 is 14.4 Å².